The van der Waals surface area contributed by atoms with Gasteiger partial charge in [-0.3, -0.25) is 25.2 Å². The predicted molar refractivity (Wildman–Crippen MR) is 88.6 cm³/mol. The molecule has 2 aromatic rings. The van der Waals surface area contributed by atoms with Crippen molar-refractivity contribution >= 4 is 27.6 Å². The van der Waals surface area contributed by atoms with Crippen LogP contribution in [0.1, 0.15) is 10.4 Å². The van der Waals surface area contributed by atoms with E-state index in [0.29, 0.717) is 5.75 Å². The van der Waals surface area contributed by atoms with Crippen molar-refractivity contribution in [2.75, 3.05) is 11.0 Å². The van der Waals surface area contributed by atoms with Gasteiger partial charge in [-0.15, -0.1) is 0 Å². The molecule has 1 heterocycles. The molecule has 0 spiro atoms. The first-order valence-electron chi connectivity index (χ1n) is 6.60. The van der Waals surface area contributed by atoms with Crippen molar-refractivity contribution in [3.05, 3.63) is 48.3 Å². The first-order chi connectivity index (χ1) is 11.2. The summed E-state index contributed by atoms with van der Waals surface area (Å²) in [5, 5.41) is 9.18. The second-order valence-electron chi connectivity index (χ2n) is 4.74. The van der Waals surface area contributed by atoms with Gasteiger partial charge >= 0.3 is 0 Å². The monoisotopic (exact) mass is 349 g/mol. The van der Waals surface area contributed by atoms with Gasteiger partial charge in [0.1, 0.15) is 5.75 Å². The normalized spacial score (nSPS) is 10.7. The number of guanidine groups is 1. The number of nitrogens with zero attached hydrogens (tertiary/aromatic N) is 1. The molecule has 9 nitrogen and oxygen atoms in total. The summed E-state index contributed by atoms with van der Waals surface area (Å²) in [5.41, 5.74) is 5.28. The van der Waals surface area contributed by atoms with Crippen LogP contribution in [-0.4, -0.2) is 31.5 Å². The van der Waals surface area contributed by atoms with Gasteiger partial charge in [0, 0.05) is 11.8 Å². The Kier molecular flexibility index (Phi) is 4.99. The van der Waals surface area contributed by atoms with Gasteiger partial charge in [-0.25, -0.2) is 8.42 Å². The van der Waals surface area contributed by atoms with Gasteiger partial charge in [-0.2, -0.15) is 0 Å². The lowest BCUT2D eigenvalue weighted by molar-refractivity contribution is 0.0976. The molecule has 126 valence electrons. The highest BCUT2D eigenvalue weighted by Gasteiger charge is 2.14. The van der Waals surface area contributed by atoms with Crippen molar-refractivity contribution < 1.29 is 17.9 Å². The second-order valence-corrected chi connectivity index (χ2v) is 6.49. The van der Waals surface area contributed by atoms with Crippen molar-refractivity contribution in [3.63, 3.8) is 0 Å². The molecule has 0 aliphatic heterocycles. The number of nitrogens with one attached hydrogen (secondary N) is 3. The Morgan fingerprint density at radius 2 is 2.08 bits per heavy atom. The molecule has 1 aromatic carbocycles. The Hall–Kier alpha value is -3.14. The maximum absolute atomic E-state index is 11.9. The minimum atomic E-state index is -3.60. The van der Waals surface area contributed by atoms with Crippen molar-refractivity contribution in [3.8, 4) is 11.5 Å². The van der Waals surface area contributed by atoms with E-state index in [1.165, 1.54) is 24.4 Å². The predicted octanol–water partition coefficient (Wildman–Crippen LogP) is 0.869. The molecule has 0 saturated heterocycles. The van der Waals surface area contributed by atoms with Gasteiger partial charge in [-0.1, -0.05) is 0 Å². The molecule has 24 heavy (non-hydrogen) atoms. The quantitative estimate of drug-likeness (QED) is 0.465. The number of carbonyl (C=O) groups is 1. The van der Waals surface area contributed by atoms with Gasteiger partial charge in [0.25, 0.3) is 5.91 Å². The van der Waals surface area contributed by atoms with Crippen molar-refractivity contribution in [1.29, 1.82) is 5.41 Å². The molecule has 1 aromatic heterocycles. The van der Waals surface area contributed by atoms with Gasteiger partial charge in [-0.05, 0) is 30.3 Å². The molecule has 1 amide bonds. The number of benzene rings is 1. The molecule has 10 heteroatoms. The summed E-state index contributed by atoms with van der Waals surface area (Å²) in [5.74, 6) is -0.580. The van der Waals surface area contributed by atoms with E-state index < -0.39 is 21.9 Å². The van der Waals surface area contributed by atoms with Crippen LogP contribution in [0.2, 0.25) is 0 Å². The molecule has 0 aliphatic carbocycles. The summed E-state index contributed by atoms with van der Waals surface area (Å²) in [4.78, 5) is 15.8. The van der Waals surface area contributed by atoms with E-state index in [4.69, 9.17) is 15.9 Å². The Morgan fingerprint density at radius 3 is 2.67 bits per heavy atom. The van der Waals surface area contributed by atoms with Crippen LogP contribution in [0.5, 0.6) is 11.5 Å². The van der Waals surface area contributed by atoms with E-state index in [9.17, 15) is 13.2 Å². The smallest absolute Gasteiger partial charge is 0.258 e. The topological polar surface area (TPSA) is 147 Å². The number of sulfonamides is 1. The second kappa shape index (κ2) is 6.96. The molecule has 0 atom stereocenters. The van der Waals surface area contributed by atoms with Crippen LogP contribution in [0.3, 0.4) is 0 Å². The van der Waals surface area contributed by atoms with Gasteiger partial charge in [0.15, 0.2) is 11.7 Å². The molecule has 5 N–H and O–H groups in total. The van der Waals surface area contributed by atoms with Crippen LogP contribution in [0.15, 0.2) is 42.7 Å². The molecule has 0 fully saturated rings. The average molecular weight is 349 g/mol. The summed E-state index contributed by atoms with van der Waals surface area (Å²) in [6, 6.07) is 7.43. The van der Waals surface area contributed by atoms with Crippen LogP contribution < -0.4 is 20.5 Å². The minimum absolute atomic E-state index is 0.0672. The number of hydrogen-bond acceptors (Lipinski definition) is 6. The van der Waals surface area contributed by atoms with Crippen molar-refractivity contribution in [2.45, 2.75) is 0 Å². The molecule has 0 saturated carbocycles. The standard InChI is InChI=1S/C14H15N5O4S/c1-24(21,22)19-11-7-9(13(20)18-14(15)16)4-5-12(11)23-10-3-2-6-17-8-10/h2-8,19H,1H3,(H4,15,16,18,20). The number of aromatic nitrogens is 1. The number of amides is 1. The van der Waals surface area contributed by atoms with E-state index in [1.54, 1.807) is 18.3 Å². The lowest BCUT2D eigenvalue weighted by Gasteiger charge is -2.13. The maximum atomic E-state index is 11.9. The molecule has 0 radical (unpaired) electrons. The number of nitrogens with two attached hydrogens (primary N) is 1. The Bertz CT molecular complexity index is 868. The van der Waals surface area contributed by atoms with E-state index in [-0.39, 0.29) is 17.0 Å². The average Bonchev–Trinajstić information content (AvgIpc) is 2.48. The maximum Gasteiger partial charge on any atom is 0.258 e. The Morgan fingerprint density at radius 1 is 1.33 bits per heavy atom. The first kappa shape index (κ1) is 17.2. The summed E-state index contributed by atoms with van der Waals surface area (Å²) in [6.45, 7) is 0. The molecule has 0 aliphatic rings. The summed E-state index contributed by atoms with van der Waals surface area (Å²) in [6.07, 6.45) is 4.00. The zero-order valence-electron chi connectivity index (χ0n) is 12.6. The largest absolute Gasteiger partial charge is 0.454 e. The highest BCUT2D eigenvalue weighted by molar-refractivity contribution is 7.92. The fourth-order valence-corrected chi connectivity index (χ4v) is 2.33. The zero-order chi connectivity index (χ0) is 17.7. The number of ether oxygens (including phenoxy) is 1. The summed E-state index contributed by atoms with van der Waals surface area (Å²) < 4.78 is 30.9. The number of hydrogen-bond donors (Lipinski definition) is 4. The van der Waals surface area contributed by atoms with Crippen LogP contribution in [0, 0.1) is 5.41 Å². The van der Waals surface area contributed by atoms with Crippen LogP contribution in [0.25, 0.3) is 0 Å². The van der Waals surface area contributed by atoms with Crippen LogP contribution >= 0.6 is 0 Å². The lowest BCUT2D eigenvalue weighted by Crippen LogP contribution is -2.35. The Balaban J connectivity index is 2.39. The highest BCUT2D eigenvalue weighted by Crippen LogP contribution is 2.30. The highest BCUT2D eigenvalue weighted by atomic mass is 32.2. The van der Waals surface area contributed by atoms with Gasteiger partial charge in [0.05, 0.1) is 18.1 Å². The van der Waals surface area contributed by atoms with Crippen molar-refractivity contribution in [1.82, 2.24) is 10.3 Å². The molecular formula is C14H15N5O4S. The fraction of sp³-hybridized carbons (Fsp3) is 0.0714. The Labute approximate surface area is 138 Å². The van der Waals surface area contributed by atoms with E-state index in [2.05, 4.69) is 15.0 Å². The third-order valence-corrected chi connectivity index (χ3v) is 3.24. The lowest BCUT2D eigenvalue weighted by atomic mass is 10.2. The third kappa shape index (κ3) is 4.95. The molecule has 0 bridgehead atoms. The first-order valence-corrected chi connectivity index (χ1v) is 8.49. The zero-order valence-corrected chi connectivity index (χ0v) is 13.4. The molecular weight excluding hydrogens is 334 g/mol. The van der Waals surface area contributed by atoms with Crippen LogP contribution in [-0.2, 0) is 10.0 Å². The number of carbonyl (C=O) groups excluding carboxylic acids is 1. The summed E-state index contributed by atoms with van der Waals surface area (Å²) >= 11 is 0. The molecule has 2 rings (SSSR count). The third-order valence-electron chi connectivity index (χ3n) is 2.65. The van der Waals surface area contributed by atoms with Gasteiger partial charge in [0.2, 0.25) is 10.0 Å². The number of rotatable bonds is 5. The summed E-state index contributed by atoms with van der Waals surface area (Å²) in [7, 11) is -3.60. The van der Waals surface area contributed by atoms with Gasteiger partial charge < -0.3 is 10.5 Å². The minimum Gasteiger partial charge on any atom is -0.454 e. The van der Waals surface area contributed by atoms with Crippen molar-refractivity contribution in [2.24, 2.45) is 5.73 Å². The number of anilines is 1. The van der Waals surface area contributed by atoms with E-state index >= 15 is 0 Å². The molecule has 0 unspecified atom stereocenters. The van der Waals surface area contributed by atoms with E-state index in [0.717, 1.165) is 6.26 Å². The number of pyridine rings is 1. The van der Waals surface area contributed by atoms with Crippen LogP contribution in [0.4, 0.5) is 5.69 Å². The SMILES string of the molecule is CS(=O)(=O)Nc1cc(C(=O)NC(=N)N)ccc1Oc1cccnc1. The fourth-order valence-electron chi connectivity index (χ4n) is 1.77. The van der Waals surface area contributed by atoms with E-state index in [1.807, 2.05) is 0 Å².